The molecule has 0 saturated heterocycles. The van der Waals surface area contributed by atoms with E-state index in [9.17, 15) is 30.2 Å². The molecule has 4 aromatic carbocycles. The van der Waals surface area contributed by atoms with E-state index in [1.807, 2.05) is 0 Å². The summed E-state index contributed by atoms with van der Waals surface area (Å²) >= 11 is -5.76. The van der Waals surface area contributed by atoms with Gasteiger partial charge in [0, 0.05) is 0 Å². The van der Waals surface area contributed by atoms with E-state index in [0.29, 0.717) is 0 Å². The Morgan fingerprint density at radius 3 is 1.29 bits per heavy atom. The van der Waals surface area contributed by atoms with Crippen molar-refractivity contribution in [1.82, 2.24) is 0 Å². The molecule has 3 atom stereocenters. The first-order valence-corrected chi connectivity index (χ1v) is 41.0. The molecule has 0 aromatic heterocycles. The zero-order valence-corrected chi connectivity index (χ0v) is 45.0. The van der Waals surface area contributed by atoms with Crippen LogP contribution in [0.2, 0.25) is 12.6 Å². The van der Waals surface area contributed by atoms with E-state index < -0.39 is 34.1 Å². The molecule has 4 fully saturated rings. The van der Waals surface area contributed by atoms with Crippen molar-refractivity contribution in [3.63, 3.8) is 0 Å². The van der Waals surface area contributed by atoms with Crippen molar-refractivity contribution in [2.45, 2.75) is 162 Å². The van der Waals surface area contributed by atoms with Crippen molar-refractivity contribution in [2.75, 3.05) is 0 Å². The fourth-order valence-electron chi connectivity index (χ4n) is 14.7. The summed E-state index contributed by atoms with van der Waals surface area (Å²) in [6.45, 7) is 15.7. The minimum atomic E-state index is -5.76. The van der Waals surface area contributed by atoms with Crippen LogP contribution >= 0.6 is 17.0 Å². The third kappa shape index (κ3) is 8.25. The van der Waals surface area contributed by atoms with Gasteiger partial charge in [0.15, 0.2) is 0 Å². The SMILES string of the molecule is C[SiH](CCC(F)(F)F)[Zr]([Cl])([Cl])([CH]1C(CC23CCC(CC2)C3)=Cc2c(-c3ccc(C(C)(C)C)cc3)cccc21)[CH]1C(CC23CCC(CC2)C3)=Cc2c(-c3ccc(C(C)(C)C)cc3)cccc21. The number of benzene rings is 4. The van der Waals surface area contributed by atoms with Gasteiger partial charge in [0.05, 0.1) is 0 Å². The van der Waals surface area contributed by atoms with Crippen molar-refractivity contribution in [3.8, 4) is 22.3 Å². The second-order valence-electron chi connectivity index (χ2n) is 24.5. The predicted octanol–water partition coefficient (Wildman–Crippen LogP) is 18.4. The first-order valence-electron chi connectivity index (χ1n) is 25.1. The van der Waals surface area contributed by atoms with Gasteiger partial charge in [-0.2, -0.15) is 0 Å². The fraction of sp³-hybridized carbons (Fsp3) is 0.517. The summed E-state index contributed by atoms with van der Waals surface area (Å²) < 4.78 is 43.5. The van der Waals surface area contributed by atoms with Crippen molar-refractivity contribution in [1.29, 1.82) is 0 Å². The molecule has 3 unspecified atom stereocenters. The van der Waals surface area contributed by atoms with Crippen LogP contribution in [0.25, 0.3) is 34.4 Å². The summed E-state index contributed by atoms with van der Waals surface area (Å²) in [5, 5.41) is 0. The maximum atomic E-state index is 14.7. The molecule has 0 N–H and O–H groups in total. The molecule has 6 aliphatic rings. The van der Waals surface area contributed by atoms with Crippen LogP contribution in [0.4, 0.5) is 13.2 Å². The molecule has 0 radical (unpaired) electrons. The van der Waals surface area contributed by atoms with Crippen LogP contribution in [0.15, 0.2) is 96.1 Å². The van der Waals surface area contributed by atoms with Crippen molar-refractivity contribution >= 4 is 35.1 Å². The normalized spacial score (nSPS) is 28.2. The molecule has 7 heteroatoms. The molecule has 0 aliphatic heterocycles. The summed E-state index contributed by atoms with van der Waals surface area (Å²) in [7, 11) is 18.5. The molecule has 6 aliphatic carbocycles. The topological polar surface area (TPSA) is 0 Å². The Balaban J connectivity index is 1.19. The van der Waals surface area contributed by atoms with Gasteiger partial charge < -0.3 is 0 Å². The van der Waals surface area contributed by atoms with Crippen LogP contribution in [-0.4, -0.2) is 12.1 Å². The molecule has 10 rings (SSSR count). The Morgan fingerprint density at radius 2 is 0.969 bits per heavy atom. The van der Waals surface area contributed by atoms with E-state index in [-0.39, 0.29) is 35.0 Å². The summed E-state index contributed by atoms with van der Waals surface area (Å²) in [5.74, 6) is -1.03. The third-order valence-electron chi connectivity index (χ3n) is 18.3. The Labute approximate surface area is 397 Å². The monoisotopic (exact) mass is 1010 g/mol. The minimum absolute atomic E-state index is 0.0277. The fourth-order valence-corrected chi connectivity index (χ4v) is 54.7. The standard InChI is InChI=1S/2C27H31.C4H8F3Si.2ClH.Zr/c2*1-26(2,3)23-9-7-21(8-10-23)24-6-4-5-22-15-20(16-25(22)24)18-27-13-11-19(17-27)12-14-27;1-8-3-2-4(5,6)7;;;/h2*4-10,15-16,19H,11-14,17-18H2,1-3H3;8H,2-3H2,1H3;2*1H;/q;;;;;+2/p-2. The number of hydrogen-bond donors (Lipinski definition) is 0. The molecule has 4 bridgehead atoms. The summed E-state index contributed by atoms with van der Waals surface area (Å²) in [5.41, 5.74) is 15.2. The number of halogens is 5. The van der Waals surface area contributed by atoms with Gasteiger partial charge in [-0.1, -0.05) is 0 Å². The molecule has 4 aromatic rings. The first-order chi connectivity index (χ1) is 30.5. The zero-order chi connectivity index (χ0) is 46.0. The van der Waals surface area contributed by atoms with Crippen LogP contribution in [0, 0.1) is 22.7 Å². The number of alkyl halides is 3. The van der Waals surface area contributed by atoms with Crippen LogP contribution in [0.3, 0.4) is 0 Å². The summed E-state index contributed by atoms with van der Waals surface area (Å²) in [6.07, 6.45) is 14.2. The number of allylic oxidation sites excluding steroid dienone is 2. The van der Waals surface area contributed by atoms with E-state index in [2.05, 4.69) is 145 Å². The van der Waals surface area contributed by atoms with Gasteiger partial charge in [0.2, 0.25) is 0 Å². The van der Waals surface area contributed by atoms with Crippen LogP contribution in [-0.2, 0) is 26.4 Å². The Morgan fingerprint density at radius 1 is 0.585 bits per heavy atom. The number of rotatable bonds is 11. The van der Waals surface area contributed by atoms with Gasteiger partial charge in [-0.05, 0) is 0 Å². The van der Waals surface area contributed by atoms with Crippen LogP contribution in [0.5, 0.6) is 0 Å². The van der Waals surface area contributed by atoms with Gasteiger partial charge in [0.1, 0.15) is 0 Å². The van der Waals surface area contributed by atoms with E-state index in [0.717, 1.165) is 35.8 Å². The van der Waals surface area contributed by atoms with Gasteiger partial charge in [0.25, 0.3) is 0 Å². The predicted molar refractivity (Wildman–Crippen MR) is 270 cm³/mol. The van der Waals surface area contributed by atoms with Crippen LogP contribution < -0.4 is 0 Å². The molecule has 0 nitrogen and oxygen atoms in total. The average molecular weight is 1010 g/mol. The molecule has 345 valence electrons. The van der Waals surface area contributed by atoms with Crippen LogP contribution in [0.1, 0.15) is 166 Å². The van der Waals surface area contributed by atoms with E-state index >= 15 is 0 Å². The number of fused-ring (bicyclic) bond motifs is 6. The first kappa shape index (κ1) is 46.6. The third-order valence-corrected chi connectivity index (χ3v) is 68.4. The van der Waals surface area contributed by atoms with Crippen molar-refractivity contribution in [3.05, 3.63) is 129 Å². The summed E-state index contributed by atoms with van der Waals surface area (Å²) in [6, 6.07) is 31.6. The van der Waals surface area contributed by atoms with E-state index in [1.165, 1.54) is 120 Å². The maximum absolute atomic E-state index is 14.7. The zero-order valence-electron chi connectivity index (χ0n) is 39.9. The van der Waals surface area contributed by atoms with E-state index in [4.69, 9.17) is 0 Å². The van der Waals surface area contributed by atoms with Crippen molar-refractivity contribution in [2.24, 2.45) is 22.7 Å². The van der Waals surface area contributed by atoms with Crippen molar-refractivity contribution < 1.29 is 28.7 Å². The molecular weight excluding hydrogens is 944 g/mol. The Kier molecular flexibility index (Phi) is 11.6. The van der Waals surface area contributed by atoms with Gasteiger partial charge in [-0.15, -0.1) is 0 Å². The number of hydrogen-bond acceptors (Lipinski definition) is 0. The van der Waals surface area contributed by atoms with Gasteiger partial charge >= 0.3 is 400 Å². The van der Waals surface area contributed by atoms with E-state index in [1.54, 1.807) is 0 Å². The average Bonchev–Trinajstić information content (AvgIpc) is 4.12. The molecular formula is C58H70Cl2F3SiZr. The second-order valence-corrected chi connectivity index (χ2v) is 65.8. The Bertz CT molecular complexity index is 2370. The quantitative estimate of drug-likeness (QED) is 0.131. The van der Waals surface area contributed by atoms with Gasteiger partial charge in [-0.3, -0.25) is 0 Å². The molecule has 0 spiro atoms. The molecule has 65 heavy (non-hydrogen) atoms. The van der Waals surface area contributed by atoms with Gasteiger partial charge in [-0.25, -0.2) is 0 Å². The summed E-state index contributed by atoms with van der Waals surface area (Å²) in [4.78, 5) is 0. The molecule has 0 heterocycles. The second kappa shape index (κ2) is 16.2. The Hall–Kier alpha value is -2.17. The molecule has 0 amide bonds. The molecule has 4 saturated carbocycles.